The molecule has 8 rings (SSSR count). The summed E-state index contributed by atoms with van der Waals surface area (Å²) in [7, 11) is -2.64. The third-order valence-electron chi connectivity index (χ3n) is 9.79. The van der Waals surface area contributed by atoms with Crippen LogP contribution in [0.4, 0.5) is 0 Å². The van der Waals surface area contributed by atoms with Gasteiger partial charge in [0.1, 0.15) is 0 Å². The molecule has 0 fully saturated rings. The summed E-state index contributed by atoms with van der Waals surface area (Å²) in [6.45, 7) is 0. The lowest BCUT2D eigenvalue weighted by molar-refractivity contribution is 0.727. The van der Waals surface area contributed by atoms with E-state index in [1.165, 1.54) is 54.1 Å². The van der Waals surface area contributed by atoms with Crippen molar-refractivity contribution in [2.24, 2.45) is 0 Å². The van der Waals surface area contributed by atoms with Crippen molar-refractivity contribution < 1.29 is 0 Å². The van der Waals surface area contributed by atoms with Crippen molar-refractivity contribution in [1.82, 2.24) is 0 Å². The fourth-order valence-electron chi connectivity index (χ4n) is 7.98. The molecule has 0 unspecified atom stereocenters. The van der Waals surface area contributed by atoms with E-state index in [2.05, 4.69) is 194 Å². The van der Waals surface area contributed by atoms with Crippen molar-refractivity contribution >= 4 is 23.6 Å². The second kappa shape index (κ2) is 11.4. The summed E-state index contributed by atoms with van der Waals surface area (Å²) in [4.78, 5) is 0. The summed E-state index contributed by atoms with van der Waals surface area (Å²) in [5.41, 5.74) is 7.74. The van der Waals surface area contributed by atoms with Gasteiger partial charge in [-0.05, 0) is 60.6 Å². The molecule has 0 bridgehead atoms. The minimum absolute atomic E-state index is 0.374. The van der Waals surface area contributed by atoms with Gasteiger partial charge in [0.05, 0.1) is 5.41 Å². The molecule has 0 heterocycles. The Labute approximate surface area is 267 Å². The van der Waals surface area contributed by atoms with E-state index in [1.807, 2.05) is 0 Å². The third kappa shape index (κ3) is 4.19. The van der Waals surface area contributed by atoms with Gasteiger partial charge < -0.3 is 0 Å². The maximum Gasteiger partial charge on any atom is 0.179 e. The van der Waals surface area contributed by atoms with Crippen molar-refractivity contribution in [2.75, 3.05) is 0 Å². The smallest absolute Gasteiger partial charge is 0.0805 e. The van der Waals surface area contributed by atoms with E-state index in [9.17, 15) is 0 Å². The van der Waals surface area contributed by atoms with Gasteiger partial charge in [0.15, 0.2) is 8.07 Å². The number of fused-ring (bicyclic) bond motifs is 3. The molecule has 2 aliphatic carbocycles. The Hall–Kier alpha value is -5.24. The number of rotatable bonds is 6. The van der Waals surface area contributed by atoms with Crippen molar-refractivity contribution in [2.45, 2.75) is 11.8 Å². The van der Waals surface area contributed by atoms with Crippen LogP contribution >= 0.6 is 0 Å². The van der Waals surface area contributed by atoms with Crippen molar-refractivity contribution in [3.05, 3.63) is 222 Å². The molecule has 0 amide bonds. The summed E-state index contributed by atoms with van der Waals surface area (Å²) >= 11 is 0. The first-order valence-electron chi connectivity index (χ1n) is 15.8. The molecule has 214 valence electrons. The molecule has 45 heavy (non-hydrogen) atoms. The van der Waals surface area contributed by atoms with Crippen LogP contribution in [0, 0.1) is 0 Å². The first kappa shape index (κ1) is 27.3. The van der Waals surface area contributed by atoms with Gasteiger partial charge in [-0.2, -0.15) is 0 Å². The first-order chi connectivity index (χ1) is 22.3. The van der Waals surface area contributed by atoms with Gasteiger partial charge in [-0.15, -0.1) is 0 Å². The Bertz CT molecular complexity index is 1910. The summed E-state index contributed by atoms with van der Waals surface area (Å²) in [5.74, 6) is 0. The largest absolute Gasteiger partial charge is 0.179 e. The summed E-state index contributed by atoms with van der Waals surface area (Å²) in [6, 6.07) is 62.8. The fourth-order valence-corrected chi connectivity index (χ4v) is 12.8. The highest BCUT2D eigenvalue weighted by molar-refractivity contribution is 7.16. The van der Waals surface area contributed by atoms with E-state index in [0.717, 1.165) is 6.42 Å². The zero-order valence-corrected chi connectivity index (χ0v) is 26.2. The predicted octanol–water partition coefficient (Wildman–Crippen LogP) is 8.52. The summed E-state index contributed by atoms with van der Waals surface area (Å²) in [6.07, 6.45) is 10.7. The minimum Gasteiger partial charge on any atom is -0.0805 e. The minimum atomic E-state index is -2.64. The molecular weight excluding hydrogens is 557 g/mol. The highest BCUT2D eigenvalue weighted by atomic mass is 28.3. The van der Waals surface area contributed by atoms with Crippen LogP contribution in [0.2, 0.25) is 0 Å². The predicted molar refractivity (Wildman–Crippen MR) is 192 cm³/mol. The Morgan fingerprint density at radius 1 is 0.422 bits per heavy atom. The van der Waals surface area contributed by atoms with Gasteiger partial charge >= 0.3 is 0 Å². The number of allylic oxidation sites excluding steroid dienone is 6. The fraction of sp³-hybridized carbons (Fsp3) is 0.0455. The topological polar surface area (TPSA) is 0 Å². The van der Waals surface area contributed by atoms with Crippen LogP contribution in [-0.4, -0.2) is 8.07 Å². The van der Waals surface area contributed by atoms with Gasteiger partial charge in [0, 0.05) is 0 Å². The van der Waals surface area contributed by atoms with Crippen LogP contribution in [0.3, 0.4) is 0 Å². The molecule has 0 nitrogen and oxygen atoms in total. The van der Waals surface area contributed by atoms with Crippen LogP contribution in [0.25, 0.3) is 11.1 Å². The Kier molecular flexibility index (Phi) is 6.89. The summed E-state index contributed by atoms with van der Waals surface area (Å²) < 4.78 is 0. The van der Waals surface area contributed by atoms with Gasteiger partial charge in [0.25, 0.3) is 0 Å². The molecule has 6 aromatic carbocycles. The SMILES string of the molecule is C1=CC([Si](c2ccccc2)(c2ccccc2)c2ccccc2)=CC=C(C2(c3ccccc3)c3ccccc3-c3ccccc32)C1. The monoisotopic (exact) mass is 590 g/mol. The van der Waals surface area contributed by atoms with E-state index >= 15 is 0 Å². The standard InChI is InChI=1S/C44H34Si/c1-5-18-34(19-6-1)44(42-30-15-13-28-40(42)41-29-14-16-31-43(41)44)35-20-17-27-39(33-32-35)45(36-21-7-2-8-22-36,37-23-9-3-10-24-37)38-25-11-4-12-26-38/h1-19,21-33H,20H2. The van der Waals surface area contributed by atoms with Crippen LogP contribution in [0.15, 0.2) is 205 Å². The first-order valence-corrected chi connectivity index (χ1v) is 17.8. The maximum absolute atomic E-state index is 2.64. The van der Waals surface area contributed by atoms with Gasteiger partial charge in [-0.1, -0.05) is 194 Å². The van der Waals surface area contributed by atoms with Crippen LogP contribution in [0.5, 0.6) is 0 Å². The molecule has 0 N–H and O–H groups in total. The molecule has 0 spiro atoms. The lowest BCUT2D eigenvalue weighted by atomic mass is 9.66. The van der Waals surface area contributed by atoms with Crippen molar-refractivity contribution in [3.8, 4) is 11.1 Å². The van der Waals surface area contributed by atoms with Crippen LogP contribution < -0.4 is 15.6 Å². The van der Waals surface area contributed by atoms with Crippen LogP contribution in [-0.2, 0) is 5.41 Å². The average molecular weight is 591 g/mol. The normalized spacial score (nSPS) is 14.9. The Morgan fingerprint density at radius 2 is 0.844 bits per heavy atom. The van der Waals surface area contributed by atoms with Gasteiger partial charge in [0.2, 0.25) is 0 Å². The second-order valence-electron chi connectivity index (χ2n) is 12.0. The Balaban J connectivity index is 1.43. The molecule has 2 aliphatic rings. The molecule has 6 aromatic rings. The molecule has 1 heteroatoms. The lowest BCUT2D eigenvalue weighted by Crippen LogP contribution is -2.68. The van der Waals surface area contributed by atoms with E-state index in [4.69, 9.17) is 0 Å². The lowest BCUT2D eigenvalue weighted by Gasteiger charge is -2.35. The number of hydrogen-bond acceptors (Lipinski definition) is 0. The Morgan fingerprint density at radius 3 is 1.33 bits per heavy atom. The van der Waals surface area contributed by atoms with Crippen LogP contribution in [0.1, 0.15) is 23.1 Å². The molecule has 0 saturated carbocycles. The number of hydrogen-bond donors (Lipinski definition) is 0. The maximum atomic E-state index is 2.47. The van der Waals surface area contributed by atoms with Gasteiger partial charge in [-0.3, -0.25) is 0 Å². The molecule has 0 atom stereocenters. The van der Waals surface area contributed by atoms with Gasteiger partial charge in [-0.25, -0.2) is 0 Å². The van der Waals surface area contributed by atoms with Crippen molar-refractivity contribution in [3.63, 3.8) is 0 Å². The zero-order chi connectivity index (χ0) is 30.1. The highest BCUT2D eigenvalue weighted by Gasteiger charge is 2.47. The van der Waals surface area contributed by atoms with Crippen molar-refractivity contribution in [1.29, 1.82) is 0 Å². The summed E-state index contributed by atoms with van der Waals surface area (Å²) in [5, 5.41) is 5.57. The molecular formula is C44H34Si. The van der Waals surface area contributed by atoms with E-state index in [1.54, 1.807) is 0 Å². The average Bonchev–Trinajstić information content (AvgIpc) is 3.22. The molecule has 0 radical (unpaired) electrons. The number of benzene rings is 6. The molecule has 0 aromatic heterocycles. The molecule has 0 aliphatic heterocycles. The quantitative estimate of drug-likeness (QED) is 0.135. The third-order valence-corrected chi connectivity index (χ3v) is 14.6. The molecule has 0 saturated heterocycles. The van der Waals surface area contributed by atoms with E-state index < -0.39 is 8.07 Å². The van der Waals surface area contributed by atoms with E-state index in [-0.39, 0.29) is 5.41 Å². The zero-order valence-electron chi connectivity index (χ0n) is 25.2. The van der Waals surface area contributed by atoms with E-state index in [0.29, 0.717) is 0 Å². The highest BCUT2D eigenvalue weighted by Crippen LogP contribution is 2.57. The second-order valence-corrected chi connectivity index (χ2v) is 15.8.